The Labute approximate surface area is 213 Å². The third-order valence-electron chi connectivity index (χ3n) is 6.28. The number of anilines is 1. The molecule has 0 bridgehead atoms. The summed E-state index contributed by atoms with van der Waals surface area (Å²) in [6.07, 6.45) is 7.04. The Bertz CT molecular complexity index is 1010. The first kappa shape index (κ1) is 26.6. The predicted molar refractivity (Wildman–Crippen MR) is 139 cm³/mol. The van der Waals surface area contributed by atoms with Gasteiger partial charge in [0.05, 0.1) is 28.0 Å². The van der Waals surface area contributed by atoms with E-state index in [9.17, 15) is 9.59 Å². The van der Waals surface area contributed by atoms with Crippen LogP contribution in [0.4, 0.5) is 5.82 Å². The number of hydrogen-bond acceptors (Lipinski definition) is 3. The number of rotatable bonds is 8. The van der Waals surface area contributed by atoms with E-state index in [2.05, 4.69) is 33.0 Å². The highest BCUT2D eigenvalue weighted by Gasteiger charge is 2.28. The molecule has 34 heavy (non-hydrogen) atoms. The summed E-state index contributed by atoms with van der Waals surface area (Å²) in [5, 5.41) is 8.59. The fourth-order valence-electron chi connectivity index (χ4n) is 4.23. The quantitative estimate of drug-likeness (QED) is 0.437. The van der Waals surface area contributed by atoms with Gasteiger partial charge in [-0.25, -0.2) is 4.68 Å². The lowest BCUT2D eigenvalue weighted by Crippen LogP contribution is -2.42. The van der Waals surface area contributed by atoms with E-state index < -0.39 is 0 Å². The average Bonchev–Trinajstić information content (AvgIpc) is 3.22. The van der Waals surface area contributed by atoms with Crippen molar-refractivity contribution in [2.45, 2.75) is 78.1 Å². The Morgan fingerprint density at radius 2 is 1.82 bits per heavy atom. The van der Waals surface area contributed by atoms with Gasteiger partial charge < -0.3 is 10.2 Å². The van der Waals surface area contributed by atoms with E-state index in [1.165, 1.54) is 6.42 Å². The molecule has 1 N–H and O–H groups in total. The number of hydrogen-bond donors (Lipinski definition) is 1. The van der Waals surface area contributed by atoms with Crippen LogP contribution in [0.25, 0.3) is 5.69 Å². The maximum atomic E-state index is 13.2. The second kappa shape index (κ2) is 11.6. The number of carbonyl (C=O) groups is 2. The van der Waals surface area contributed by atoms with Gasteiger partial charge >= 0.3 is 0 Å². The van der Waals surface area contributed by atoms with E-state index >= 15 is 0 Å². The standard InChI is InChI=1S/C26H36Cl2N4O2/c1-5-6-14-31(25(34)18-10-8-7-9-11-18)17-24(33)29-23-16-22(26(2,3)4)30-32(23)19-12-13-20(27)21(28)15-19/h12-13,15-16,18H,5-11,14,17H2,1-4H3,(H,29,33). The summed E-state index contributed by atoms with van der Waals surface area (Å²) in [7, 11) is 0. The summed E-state index contributed by atoms with van der Waals surface area (Å²) in [5.74, 6) is 0.445. The summed E-state index contributed by atoms with van der Waals surface area (Å²) in [6, 6.07) is 7.11. The Hall–Kier alpha value is -2.05. The molecule has 1 aliphatic carbocycles. The molecule has 2 amide bonds. The van der Waals surface area contributed by atoms with Crippen LogP contribution in [0.15, 0.2) is 24.3 Å². The van der Waals surface area contributed by atoms with Gasteiger partial charge in [0.2, 0.25) is 11.8 Å². The van der Waals surface area contributed by atoms with Crippen LogP contribution in [-0.2, 0) is 15.0 Å². The van der Waals surface area contributed by atoms with E-state index in [-0.39, 0.29) is 29.7 Å². The third-order valence-corrected chi connectivity index (χ3v) is 7.01. The molecule has 1 aliphatic rings. The Morgan fingerprint density at radius 3 is 2.44 bits per heavy atom. The van der Waals surface area contributed by atoms with E-state index in [1.807, 2.05) is 12.1 Å². The summed E-state index contributed by atoms with van der Waals surface area (Å²) in [6.45, 7) is 8.92. The smallest absolute Gasteiger partial charge is 0.245 e. The van der Waals surface area contributed by atoms with Crippen molar-refractivity contribution in [3.05, 3.63) is 40.0 Å². The van der Waals surface area contributed by atoms with Gasteiger partial charge in [0.25, 0.3) is 0 Å². The van der Waals surface area contributed by atoms with Crippen molar-refractivity contribution < 1.29 is 9.59 Å². The normalized spacial score (nSPS) is 14.8. The molecule has 1 aromatic heterocycles. The number of amides is 2. The lowest BCUT2D eigenvalue weighted by Gasteiger charge is -2.29. The molecule has 0 radical (unpaired) electrons. The molecule has 0 atom stereocenters. The van der Waals surface area contributed by atoms with Crippen LogP contribution in [0, 0.1) is 5.92 Å². The third kappa shape index (κ3) is 6.76. The first-order valence-corrected chi connectivity index (χ1v) is 13.0. The monoisotopic (exact) mass is 506 g/mol. The van der Waals surface area contributed by atoms with Gasteiger partial charge in [0.15, 0.2) is 0 Å². The number of carbonyl (C=O) groups excluding carboxylic acids is 2. The van der Waals surface area contributed by atoms with E-state index in [0.717, 1.165) is 44.2 Å². The van der Waals surface area contributed by atoms with Crippen LogP contribution >= 0.6 is 23.2 Å². The minimum absolute atomic E-state index is 0.0345. The fraction of sp³-hybridized carbons (Fsp3) is 0.577. The van der Waals surface area contributed by atoms with Crippen molar-refractivity contribution in [2.75, 3.05) is 18.4 Å². The van der Waals surface area contributed by atoms with Crippen LogP contribution in [-0.4, -0.2) is 39.6 Å². The molecule has 1 fully saturated rings. The Kier molecular flexibility index (Phi) is 9.05. The van der Waals surface area contributed by atoms with Crippen LogP contribution in [0.1, 0.15) is 78.3 Å². The molecule has 0 unspecified atom stereocenters. The van der Waals surface area contributed by atoms with Crippen molar-refractivity contribution in [1.82, 2.24) is 14.7 Å². The van der Waals surface area contributed by atoms with Gasteiger partial charge in [-0.1, -0.05) is 76.6 Å². The maximum absolute atomic E-state index is 13.2. The first-order chi connectivity index (χ1) is 16.1. The minimum atomic E-state index is -0.234. The van der Waals surface area contributed by atoms with E-state index in [4.69, 9.17) is 28.3 Å². The molecule has 1 heterocycles. The second-order valence-electron chi connectivity index (χ2n) is 10.2. The van der Waals surface area contributed by atoms with Crippen molar-refractivity contribution in [1.29, 1.82) is 0 Å². The molecule has 1 aromatic carbocycles. The molecule has 2 aromatic rings. The van der Waals surface area contributed by atoms with Gasteiger partial charge in [0, 0.05) is 23.9 Å². The summed E-state index contributed by atoms with van der Waals surface area (Å²) >= 11 is 12.3. The minimum Gasteiger partial charge on any atom is -0.333 e. The summed E-state index contributed by atoms with van der Waals surface area (Å²) in [5.41, 5.74) is 1.31. The van der Waals surface area contributed by atoms with Crippen LogP contribution < -0.4 is 5.32 Å². The lowest BCUT2D eigenvalue weighted by atomic mass is 9.88. The van der Waals surface area contributed by atoms with Crippen molar-refractivity contribution in [3.63, 3.8) is 0 Å². The SMILES string of the molecule is CCCCN(CC(=O)Nc1cc(C(C)(C)C)nn1-c1ccc(Cl)c(Cl)c1)C(=O)C1CCCCC1. The van der Waals surface area contributed by atoms with Gasteiger partial charge in [-0.2, -0.15) is 5.10 Å². The highest BCUT2D eigenvalue weighted by Crippen LogP contribution is 2.30. The topological polar surface area (TPSA) is 67.2 Å². The van der Waals surface area contributed by atoms with Crippen LogP contribution in [0.5, 0.6) is 0 Å². The zero-order valence-electron chi connectivity index (χ0n) is 20.7. The first-order valence-electron chi connectivity index (χ1n) is 12.2. The van der Waals surface area contributed by atoms with Gasteiger partial charge in [-0.15, -0.1) is 0 Å². The zero-order chi connectivity index (χ0) is 24.9. The van der Waals surface area contributed by atoms with E-state index in [1.54, 1.807) is 21.7 Å². The lowest BCUT2D eigenvalue weighted by molar-refractivity contribution is -0.139. The van der Waals surface area contributed by atoms with Crippen molar-refractivity contribution in [2.24, 2.45) is 5.92 Å². The van der Waals surface area contributed by atoms with Gasteiger partial charge in [-0.3, -0.25) is 9.59 Å². The van der Waals surface area contributed by atoms with Crippen LogP contribution in [0.2, 0.25) is 10.0 Å². The fourth-order valence-corrected chi connectivity index (χ4v) is 4.52. The van der Waals surface area contributed by atoms with Gasteiger partial charge in [-0.05, 0) is 37.5 Å². The molecule has 1 saturated carbocycles. The molecule has 186 valence electrons. The van der Waals surface area contributed by atoms with Gasteiger partial charge in [0.1, 0.15) is 5.82 Å². The Morgan fingerprint density at radius 1 is 1.12 bits per heavy atom. The number of aromatic nitrogens is 2. The number of nitrogens with one attached hydrogen (secondary N) is 1. The van der Waals surface area contributed by atoms with Crippen molar-refractivity contribution >= 4 is 40.8 Å². The number of benzene rings is 1. The largest absolute Gasteiger partial charge is 0.333 e. The highest BCUT2D eigenvalue weighted by atomic mass is 35.5. The highest BCUT2D eigenvalue weighted by molar-refractivity contribution is 6.42. The van der Waals surface area contributed by atoms with Crippen LogP contribution in [0.3, 0.4) is 0 Å². The molecular weight excluding hydrogens is 471 g/mol. The molecule has 8 heteroatoms. The number of unbranched alkanes of at least 4 members (excludes halogenated alkanes) is 1. The maximum Gasteiger partial charge on any atom is 0.245 e. The molecular formula is C26H36Cl2N4O2. The average molecular weight is 508 g/mol. The van der Waals surface area contributed by atoms with E-state index in [0.29, 0.717) is 28.1 Å². The molecule has 0 spiro atoms. The second-order valence-corrected chi connectivity index (χ2v) is 11.0. The molecule has 0 aliphatic heterocycles. The molecule has 3 rings (SSSR count). The molecule has 0 saturated heterocycles. The summed E-state index contributed by atoms with van der Waals surface area (Å²) in [4.78, 5) is 28.1. The number of nitrogens with zero attached hydrogens (tertiary/aromatic N) is 3. The predicted octanol–water partition coefficient (Wildman–Crippen LogP) is 6.62. The Balaban J connectivity index is 1.83. The van der Waals surface area contributed by atoms with Crippen molar-refractivity contribution in [3.8, 4) is 5.69 Å². The zero-order valence-corrected chi connectivity index (χ0v) is 22.2. The summed E-state index contributed by atoms with van der Waals surface area (Å²) < 4.78 is 1.67. The number of halogens is 2. The molecule has 6 nitrogen and oxygen atoms in total.